The van der Waals surface area contributed by atoms with Crippen LogP contribution in [0.25, 0.3) is 0 Å². The molecule has 1 amide bonds. The zero-order valence-corrected chi connectivity index (χ0v) is 12.2. The van der Waals surface area contributed by atoms with Crippen LogP contribution in [-0.4, -0.2) is 20.7 Å². The van der Waals surface area contributed by atoms with Gasteiger partial charge in [0.05, 0.1) is 12.1 Å². The average molecular weight is 292 g/mol. The summed E-state index contributed by atoms with van der Waals surface area (Å²) in [6.45, 7) is 2.50. The summed E-state index contributed by atoms with van der Waals surface area (Å²) in [4.78, 5) is 16.5. The molecule has 0 unspecified atom stereocenters. The average Bonchev–Trinajstić information content (AvgIpc) is 3.03. The van der Waals surface area contributed by atoms with Crippen molar-refractivity contribution in [2.75, 3.05) is 5.32 Å². The number of para-hydroxylation sites is 1. The molecule has 3 rings (SSSR count). The van der Waals surface area contributed by atoms with Gasteiger partial charge in [-0.05, 0) is 36.8 Å². The smallest absolute Gasteiger partial charge is 0.257 e. The number of anilines is 1. The molecule has 0 radical (unpaired) electrons. The topological polar surface area (TPSA) is 59.8 Å². The van der Waals surface area contributed by atoms with E-state index in [-0.39, 0.29) is 5.91 Å². The molecule has 0 saturated heterocycles. The lowest BCUT2D eigenvalue weighted by Gasteiger charge is -2.11. The summed E-state index contributed by atoms with van der Waals surface area (Å²) in [6, 6.07) is 13.2. The number of rotatable bonds is 4. The number of carbonyl (C=O) groups is 1. The van der Waals surface area contributed by atoms with E-state index in [9.17, 15) is 4.79 Å². The molecule has 0 fully saturated rings. The number of aromatic nitrogens is 3. The molecule has 0 spiro atoms. The van der Waals surface area contributed by atoms with Gasteiger partial charge in [0.2, 0.25) is 0 Å². The second-order valence-electron chi connectivity index (χ2n) is 5.00. The summed E-state index contributed by atoms with van der Waals surface area (Å²) in [5.74, 6) is -0.166. The Labute approximate surface area is 128 Å². The minimum absolute atomic E-state index is 0.166. The molecule has 0 aliphatic carbocycles. The Morgan fingerprint density at radius 3 is 2.77 bits per heavy atom. The molecule has 0 aliphatic rings. The van der Waals surface area contributed by atoms with E-state index >= 15 is 0 Å². The molecule has 0 bridgehead atoms. The van der Waals surface area contributed by atoms with E-state index in [1.165, 1.54) is 0 Å². The highest BCUT2D eigenvalue weighted by Gasteiger charge is 2.09. The Bertz CT molecular complexity index is 764. The number of amides is 1. The first-order chi connectivity index (χ1) is 10.7. The van der Waals surface area contributed by atoms with E-state index in [0.717, 1.165) is 16.9 Å². The highest BCUT2D eigenvalue weighted by atomic mass is 16.1. The second kappa shape index (κ2) is 6.22. The lowest BCUT2D eigenvalue weighted by molar-refractivity contribution is 0.102. The van der Waals surface area contributed by atoms with Crippen molar-refractivity contribution in [1.29, 1.82) is 0 Å². The summed E-state index contributed by atoms with van der Waals surface area (Å²) >= 11 is 0. The number of carbonyl (C=O) groups excluding carboxylic acids is 1. The molecule has 5 nitrogen and oxygen atoms in total. The van der Waals surface area contributed by atoms with Crippen molar-refractivity contribution < 1.29 is 4.79 Å². The van der Waals surface area contributed by atoms with Crippen LogP contribution in [0.15, 0.2) is 61.1 Å². The number of pyridine rings is 1. The summed E-state index contributed by atoms with van der Waals surface area (Å²) in [7, 11) is 0. The zero-order valence-electron chi connectivity index (χ0n) is 12.2. The van der Waals surface area contributed by atoms with Crippen LogP contribution in [0.2, 0.25) is 0 Å². The summed E-state index contributed by atoms with van der Waals surface area (Å²) in [5.41, 5.74) is 3.21. The molecule has 3 aromatic rings. The van der Waals surface area contributed by atoms with E-state index in [4.69, 9.17) is 0 Å². The fraction of sp³-hybridized carbons (Fsp3) is 0.118. The number of hydrogen-bond donors (Lipinski definition) is 1. The van der Waals surface area contributed by atoms with Gasteiger partial charge in [-0.25, -0.2) is 0 Å². The lowest BCUT2D eigenvalue weighted by Crippen LogP contribution is -2.14. The molecule has 1 aromatic carbocycles. The van der Waals surface area contributed by atoms with Gasteiger partial charge in [0.25, 0.3) is 5.91 Å². The minimum atomic E-state index is -0.166. The zero-order chi connectivity index (χ0) is 15.4. The van der Waals surface area contributed by atoms with Crippen molar-refractivity contribution in [2.45, 2.75) is 13.5 Å². The maximum atomic E-state index is 12.3. The summed E-state index contributed by atoms with van der Waals surface area (Å²) in [6.07, 6.45) is 5.21. The number of benzene rings is 1. The summed E-state index contributed by atoms with van der Waals surface area (Å²) < 4.78 is 1.82. The Hall–Kier alpha value is -2.95. The quantitative estimate of drug-likeness (QED) is 0.804. The van der Waals surface area contributed by atoms with E-state index in [2.05, 4.69) is 15.4 Å². The van der Waals surface area contributed by atoms with E-state index in [1.54, 1.807) is 18.5 Å². The lowest BCUT2D eigenvalue weighted by atomic mass is 10.1. The molecule has 0 aliphatic heterocycles. The van der Waals surface area contributed by atoms with Crippen molar-refractivity contribution in [3.05, 3.63) is 77.9 Å². The first-order valence-electron chi connectivity index (χ1n) is 7.02. The van der Waals surface area contributed by atoms with Crippen LogP contribution in [-0.2, 0) is 6.54 Å². The molecule has 2 heterocycles. The van der Waals surface area contributed by atoms with Crippen LogP contribution in [0, 0.1) is 6.92 Å². The molecule has 0 saturated carbocycles. The predicted octanol–water partition coefficient (Wildman–Crippen LogP) is 2.89. The van der Waals surface area contributed by atoms with Crippen molar-refractivity contribution in [3.8, 4) is 0 Å². The SMILES string of the molecule is Cc1ccc(C(=O)Nc2ccccc2Cn2cccn2)cn1. The van der Waals surface area contributed by atoms with Gasteiger partial charge in [-0.3, -0.25) is 14.5 Å². The Balaban J connectivity index is 1.80. The van der Waals surface area contributed by atoms with Gasteiger partial charge < -0.3 is 5.32 Å². The fourth-order valence-electron chi connectivity index (χ4n) is 2.15. The van der Waals surface area contributed by atoms with Crippen LogP contribution in [0.1, 0.15) is 21.6 Å². The Morgan fingerprint density at radius 2 is 2.05 bits per heavy atom. The first kappa shape index (κ1) is 14.0. The number of nitrogens with zero attached hydrogens (tertiary/aromatic N) is 3. The van der Waals surface area contributed by atoms with E-state index in [1.807, 2.05) is 54.2 Å². The van der Waals surface area contributed by atoms with Crippen LogP contribution in [0.3, 0.4) is 0 Å². The molecule has 1 N–H and O–H groups in total. The third kappa shape index (κ3) is 3.20. The van der Waals surface area contributed by atoms with Crippen LogP contribution in [0.5, 0.6) is 0 Å². The number of hydrogen-bond acceptors (Lipinski definition) is 3. The van der Waals surface area contributed by atoms with E-state index < -0.39 is 0 Å². The molecule has 5 heteroatoms. The number of nitrogens with one attached hydrogen (secondary N) is 1. The van der Waals surface area contributed by atoms with Crippen LogP contribution in [0.4, 0.5) is 5.69 Å². The maximum Gasteiger partial charge on any atom is 0.257 e. The third-order valence-corrected chi connectivity index (χ3v) is 3.33. The standard InChI is InChI=1S/C17H16N4O/c1-13-7-8-14(11-18-13)17(22)20-16-6-3-2-5-15(16)12-21-10-4-9-19-21/h2-11H,12H2,1H3,(H,20,22). The highest BCUT2D eigenvalue weighted by molar-refractivity contribution is 6.04. The molecular weight excluding hydrogens is 276 g/mol. The molecule has 0 atom stereocenters. The van der Waals surface area contributed by atoms with Gasteiger partial charge >= 0.3 is 0 Å². The molecule has 22 heavy (non-hydrogen) atoms. The third-order valence-electron chi connectivity index (χ3n) is 3.33. The monoisotopic (exact) mass is 292 g/mol. The number of aryl methyl sites for hydroxylation is 1. The molecular formula is C17H16N4O. The van der Waals surface area contributed by atoms with Crippen LogP contribution < -0.4 is 5.32 Å². The van der Waals surface area contributed by atoms with Crippen molar-refractivity contribution in [2.24, 2.45) is 0 Å². The Kier molecular flexibility index (Phi) is 3.96. The predicted molar refractivity (Wildman–Crippen MR) is 84.7 cm³/mol. The van der Waals surface area contributed by atoms with Crippen molar-refractivity contribution >= 4 is 11.6 Å². The van der Waals surface area contributed by atoms with Crippen molar-refractivity contribution in [3.63, 3.8) is 0 Å². The van der Waals surface area contributed by atoms with Gasteiger partial charge in [0.1, 0.15) is 0 Å². The highest BCUT2D eigenvalue weighted by Crippen LogP contribution is 2.17. The maximum absolute atomic E-state index is 12.3. The van der Waals surface area contributed by atoms with E-state index in [0.29, 0.717) is 12.1 Å². The van der Waals surface area contributed by atoms with Gasteiger partial charge in [0, 0.05) is 30.0 Å². The Morgan fingerprint density at radius 1 is 1.18 bits per heavy atom. The van der Waals surface area contributed by atoms with Crippen LogP contribution >= 0.6 is 0 Å². The summed E-state index contributed by atoms with van der Waals surface area (Å²) in [5, 5.41) is 7.13. The van der Waals surface area contributed by atoms with Gasteiger partial charge in [0.15, 0.2) is 0 Å². The van der Waals surface area contributed by atoms with Crippen molar-refractivity contribution in [1.82, 2.24) is 14.8 Å². The first-order valence-corrected chi connectivity index (χ1v) is 7.02. The molecule has 2 aromatic heterocycles. The van der Waals surface area contributed by atoms with Gasteiger partial charge in [-0.15, -0.1) is 0 Å². The molecule has 110 valence electrons. The van der Waals surface area contributed by atoms with Gasteiger partial charge in [-0.2, -0.15) is 5.10 Å². The largest absolute Gasteiger partial charge is 0.322 e. The van der Waals surface area contributed by atoms with Gasteiger partial charge in [-0.1, -0.05) is 18.2 Å². The second-order valence-corrected chi connectivity index (χ2v) is 5.00. The normalized spacial score (nSPS) is 10.4. The fourth-order valence-corrected chi connectivity index (χ4v) is 2.15. The minimum Gasteiger partial charge on any atom is -0.322 e.